The smallest absolute Gasteiger partial charge is 0.138 e. The molecule has 0 aromatic heterocycles. The highest BCUT2D eigenvalue weighted by Gasteiger charge is 2.06. The molecule has 1 rings (SSSR count). The maximum atomic E-state index is 10.7. The third-order valence-corrected chi connectivity index (χ3v) is 2.55. The van der Waals surface area contributed by atoms with Crippen LogP contribution >= 0.6 is 0 Å². The van der Waals surface area contributed by atoms with E-state index in [0.29, 0.717) is 11.4 Å². The number of nitrogens with two attached hydrogens (primary N) is 1. The van der Waals surface area contributed by atoms with Crippen LogP contribution in [-0.4, -0.2) is 8.76 Å². The van der Waals surface area contributed by atoms with Gasteiger partial charge in [0.25, 0.3) is 0 Å². The average Bonchev–Trinajstić information content (AvgIpc) is 2.26. The van der Waals surface area contributed by atoms with Crippen LogP contribution in [0, 0.1) is 0 Å². The topological polar surface area (TPSA) is 103 Å². The van der Waals surface area contributed by atoms with Crippen molar-refractivity contribution in [3.63, 3.8) is 0 Å². The maximum absolute atomic E-state index is 10.7. The Labute approximate surface area is 108 Å². The van der Waals surface area contributed by atoms with Crippen LogP contribution in [0.1, 0.15) is 25.3 Å². The molecule has 7 heteroatoms. The number of nitrogens with zero attached hydrogens (tertiary/aromatic N) is 2. The lowest BCUT2D eigenvalue weighted by molar-refractivity contribution is 0.542. The van der Waals surface area contributed by atoms with E-state index in [1.807, 2.05) is 19.9 Å². The lowest BCUT2D eigenvalue weighted by Crippen LogP contribution is -2.03. The quantitative estimate of drug-likeness (QED) is 0.632. The summed E-state index contributed by atoms with van der Waals surface area (Å²) >= 11 is -2.42. The number of hydrogen-bond donors (Lipinski definition) is 2. The molecule has 0 amide bonds. The summed E-state index contributed by atoms with van der Waals surface area (Å²) in [6, 6.07) is 5.25. The van der Waals surface area contributed by atoms with Gasteiger partial charge in [-0.3, -0.25) is 4.21 Å². The van der Waals surface area contributed by atoms with Crippen molar-refractivity contribution in [1.82, 2.24) is 0 Å². The molecule has 0 saturated heterocycles. The molecule has 1 aromatic carbocycles. The molecule has 1 unspecified atom stereocenters. The first-order chi connectivity index (χ1) is 8.40. The van der Waals surface area contributed by atoms with Crippen molar-refractivity contribution in [2.24, 2.45) is 16.0 Å². The Balaban J connectivity index is 3.15. The number of rotatable bonds is 5. The molecule has 0 radical (unpaired) electrons. The van der Waals surface area contributed by atoms with Crippen molar-refractivity contribution in [3.8, 4) is 0 Å². The Morgan fingerprint density at radius 3 is 2.72 bits per heavy atom. The molecule has 0 spiro atoms. The summed E-state index contributed by atoms with van der Waals surface area (Å²) in [5, 5.41) is 7.43. The molecule has 18 heavy (non-hydrogen) atoms. The van der Waals surface area contributed by atoms with Crippen LogP contribution in [0.15, 0.2) is 40.8 Å². The van der Waals surface area contributed by atoms with E-state index < -0.39 is 11.3 Å². The van der Waals surface area contributed by atoms with Gasteiger partial charge in [-0.1, -0.05) is 26.5 Å². The van der Waals surface area contributed by atoms with Gasteiger partial charge in [0.2, 0.25) is 0 Å². The lowest BCUT2D eigenvalue weighted by atomic mass is 10.0. The molecule has 0 aliphatic carbocycles. The van der Waals surface area contributed by atoms with Gasteiger partial charge < -0.3 is 15.0 Å². The molecule has 0 aliphatic heterocycles. The van der Waals surface area contributed by atoms with Crippen molar-refractivity contribution < 1.29 is 8.76 Å². The molecule has 6 nitrogen and oxygen atoms in total. The third-order valence-electron chi connectivity index (χ3n) is 2.17. The van der Waals surface area contributed by atoms with E-state index in [4.69, 9.17) is 5.73 Å². The summed E-state index contributed by atoms with van der Waals surface area (Å²) in [5.41, 5.74) is 7.01. The van der Waals surface area contributed by atoms with Gasteiger partial charge in [0.1, 0.15) is 11.5 Å². The number of hydrogen-bond acceptors (Lipinski definition) is 5. The summed E-state index contributed by atoms with van der Waals surface area (Å²) in [5.74, 6) is 0.332. The highest BCUT2D eigenvalue weighted by atomic mass is 32.2. The zero-order valence-corrected chi connectivity index (χ0v) is 11.0. The Bertz CT molecular complexity index is 500. The van der Waals surface area contributed by atoms with Gasteiger partial charge in [-0.15, -0.1) is 10.2 Å². The van der Waals surface area contributed by atoms with Crippen LogP contribution < -0.4 is 10.5 Å². The second kappa shape index (κ2) is 6.27. The van der Waals surface area contributed by atoms with Crippen LogP contribution in [0.5, 0.6) is 0 Å². The monoisotopic (exact) mass is 267 g/mol. The zero-order chi connectivity index (χ0) is 13.7. The van der Waals surface area contributed by atoms with Crippen LogP contribution in [0.2, 0.25) is 0 Å². The fourth-order valence-corrected chi connectivity index (χ4v) is 1.63. The van der Waals surface area contributed by atoms with Gasteiger partial charge in [-0.25, -0.2) is 0 Å². The highest BCUT2D eigenvalue weighted by Crippen LogP contribution is 2.29. The van der Waals surface area contributed by atoms with Crippen LogP contribution in [0.4, 0.5) is 11.4 Å². The van der Waals surface area contributed by atoms with Crippen molar-refractivity contribution >= 4 is 22.6 Å². The van der Waals surface area contributed by atoms with Gasteiger partial charge >= 0.3 is 0 Å². The third kappa shape index (κ3) is 4.27. The van der Waals surface area contributed by atoms with E-state index in [1.54, 1.807) is 12.1 Å². The van der Waals surface area contributed by atoms with Crippen LogP contribution in [0.25, 0.3) is 0 Å². The molecule has 1 aromatic rings. The van der Waals surface area contributed by atoms with E-state index in [-0.39, 0.29) is 11.7 Å². The first-order valence-electron chi connectivity index (χ1n) is 5.26. The predicted molar refractivity (Wildman–Crippen MR) is 70.9 cm³/mol. The summed E-state index contributed by atoms with van der Waals surface area (Å²) in [6.07, 6.45) is 0. The first-order valence-corrected chi connectivity index (χ1v) is 6.33. The van der Waals surface area contributed by atoms with Gasteiger partial charge in [0, 0.05) is 11.3 Å². The standard InChI is InChI=1S/C11H16N4O2S/c1-7(2)9-4-5-10(14-13-8(3)12)11(6-9)15-18(16)17/h4-7,15H,3,12H2,1-2H3,(H,16,17)/p-1. The first kappa shape index (κ1) is 14.3. The highest BCUT2D eigenvalue weighted by molar-refractivity contribution is 7.80. The SMILES string of the molecule is C=C(N)N=Nc1ccc(C(C)C)cc1NS(=O)[O-]. The van der Waals surface area contributed by atoms with Gasteiger partial charge in [-0.2, -0.15) is 0 Å². The Hall–Kier alpha value is -1.73. The summed E-state index contributed by atoms with van der Waals surface area (Å²) in [7, 11) is 0. The van der Waals surface area contributed by atoms with E-state index in [9.17, 15) is 8.76 Å². The van der Waals surface area contributed by atoms with Crippen molar-refractivity contribution in [2.75, 3.05) is 4.72 Å². The Morgan fingerprint density at radius 1 is 1.56 bits per heavy atom. The minimum absolute atomic E-state index is 0.0529. The Kier molecular flexibility index (Phi) is 4.99. The van der Waals surface area contributed by atoms with Crippen molar-refractivity contribution in [3.05, 3.63) is 36.2 Å². The molecule has 3 N–H and O–H groups in total. The molecule has 0 heterocycles. The summed E-state index contributed by atoms with van der Waals surface area (Å²) in [6.45, 7) is 7.40. The summed E-state index contributed by atoms with van der Waals surface area (Å²) in [4.78, 5) is 0. The van der Waals surface area contributed by atoms with E-state index in [1.165, 1.54) is 0 Å². The van der Waals surface area contributed by atoms with Crippen molar-refractivity contribution in [2.45, 2.75) is 19.8 Å². The molecule has 0 aliphatic rings. The molecule has 0 saturated carbocycles. The second-order valence-electron chi connectivity index (χ2n) is 3.96. The molecule has 0 bridgehead atoms. The Morgan fingerprint density at radius 2 is 2.22 bits per heavy atom. The van der Waals surface area contributed by atoms with Crippen molar-refractivity contribution in [1.29, 1.82) is 0 Å². The zero-order valence-electron chi connectivity index (χ0n) is 10.2. The van der Waals surface area contributed by atoms with Gasteiger partial charge in [0.15, 0.2) is 0 Å². The number of azo groups is 1. The lowest BCUT2D eigenvalue weighted by Gasteiger charge is -2.13. The van der Waals surface area contributed by atoms with Gasteiger partial charge in [0.05, 0.1) is 5.69 Å². The maximum Gasteiger partial charge on any atom is 0.138 e. The molecule has 0 fully saturated rings. The number of nitrogens with one attached hydrogen (secondary N) is 1. The fraction of sp³-hybridized carbons (Fsp3) is 0.273. The van der Waals surface area contributed by atoms with Crippen LogP contribution in [0.3, 0.4) is 0 Å². The minimum atomic E-state index is -2.42. The second-order valence-corrected chi connectivity index (χ2v) is 4.63. The predicted octanol–water partition coefficient (Wildman–Crippen LogP) is 2.53. The number of benzene rings is 1. The van der Waals surface area contributed by atoms with Gasteiger partial charge in [-0.05, 0) is 23.6 Å². The molecule has 98 valence electrons. The average molecular weight is 267 g/mol. The van der Waals surface area contributed by atoms with Crippen LogP contribution in [-0.2, 0) is 11.3 Å². The normalized spacial score (nSPS) is 12.9. The fourth-order valence-electron chi connectivity index (χ4n) is 1.29. The molecular formula is C11H15N4O2S-. The molecular weight excluding hydrogens is 252 g/mol. The summed E-state index contributed by atoms with van der Waals surface area (Å²) < 4.78 is 23.7. The van der Waals surface area contributed by atoms with E-state index in [0.717, 1.165) is 5.56 Å². The molecule has 1 atom stereocenters. The van der Waals surface area contributed by atoms with E-state index in [2.05, 4.69) is 21.5 Å². The number of anilines is 1. The van der Waals surface area contributed by atoms with E-state index >= 15 is 0 Å². The minimum Gasteiger partial charge on any atom is -0.755 e. The largest absolute Gasteiger partial charge is 0.755 e.